The molecule has 9 heteroatoms. The maximum Gasteiger partial charge on any atom is 0.417 e. The average molecular weight is 479 g/mol. The van der Waals surface area contributed by atoms with Crippen LogP contribution in [0, 0.1) is 5.82 Å². The van der Waals surface area contributed by atoms with Crippen LogP contribution in [0.15, 0.2) is 65.2 Å². The fourth-order valence-corrected chi connectivity index (χ4v) is 4.76. The molecule has 1 fully saturated rings. The lowest BCUT2D eigenvalue weighted by molar-refractivity contribution is -0.135. The van der Waals surface area contributed by atoms with Crippen LogP contribution in [0.2, 0.25) is 5.02 Å². The molecule has 2 aliphatic rings. The molecule has 0 saturated carbocycles. The number of carbonyl (C=O) groups is 2. The first-order valence-electron chi connectivity index (χ1n) is 10.6. The molecule has 4 aromatic rings. The van der Waals surface area contributed by atoms with Crippen LogP contribution in [-0.4, -0.2) is 34.8 Å². The third-order valence-corrected chi connectivity index (χ3v) is 6.44. The lowest BCUT2D eigenvalue weighted by Gasteiger charge is -2.22. The number of imide groups is 1. The van der Waals surface area contributed by atoms with Crippen LogP contribution in [0.4, 0.5) is 9.18 Å². The number of halogens is 2. The van der Waals surface area contributed by atoms with Gasteiger partial charge in [0.05, 0.1) is 5.39 Å². The van der Waals surface area contributed by atoms with E-state index >= 15 is 0 Å². The van der Waals surface area contributed by atoms with Gasteiger partial charge in [0.1, 0.15) is 34.9 Å². The van der Waals surface area contributed by atoms with Crippen LogP contribution < -0.4 is 4.74 Å². The van der Waals surface area contributed by atoms with Crippen molar-refractivity contribution >= 4 is 34.6 Å². The maximum absolute atomic E-state index is 14.4. The van der Waals surface area contributed by atoms with Crippen LogP contribution in [0.3, 0.4) is 0 Å². The Morgan fingerprint density at radius 1 is 1.12 bits per heavy atom. The second-order valence-corrected chi connectivity index (χ2v) is 8.47. The van der Waals surface area contributed by atoms with Crippen LogP contribution >= 0.6 is 11.6 Å². The zero-order chi connectivity index (χ0) is 23.4. The Bertz CT molecular complexity index is 1450. The number of rotatable bonds is 3. The van der Waals surface area contributed by atoms with Gasteiger partial charge < -0.3 is 14.0 Å². The van der Waals surface area contributed by atoms with E-state index in [4.69, 9.17) is 25.6 Å². The van der Waals surface area contributed by atoms with Crippen molar-refractivity contribution in [2.24, 2.45) is 0 Å². The highest BCUT2D eigenvalue weighted by Gasteiger charge is 2.45. The smallest absolute Gasteiger partial charge is 0.417 e. The van der Waals surface area contributed by atoms with Crippen molar-refractivity contribution in [1.29, 1.82) is 0 Å². The number of nitrogens with zero attached hydrogens (tertiary/aromatic N) is 2. The van der Waals surface area contributed by atoms with Crippen molar-refractivity contribution in [3.63, 3.8) is 0 Å². The summed E-state index contributed by atoms with van der Waals surface area (Å²) in [6, 6.07) is 16.6. The quantitative estimate of drug-likeness (QED) is 0.397. The summed E-state index contributed by atoms with van der Waals surface area (Å²) in [5.41, 5.74) is 2.23. The number of fused-ring (bicyclic) bond motifs is 2. The van der Waals surface area contributed by atoms with Crippen LogP contribution in [-0.2, 0) is 16.0 Å². The number of hydrogen-bond acceptors (Lipinski definition) is 6. The van der Waals surface area contributed by atoms with Crippen molar-refractivity contribution < 1.29 is 28.0 Å². The largest absolute Gasteiger partial charge is 0.478 e. The molecule has 2 atom stereocenters. The van der Waals surface area contributed by atoms with E-state index in [0.29, 0.717) is 16.6 Å². The van der Waals surface area contributed by atoms with Gasteiger partial charge >= 0.3 is 6.09 Å². The lowest BCUT2D eigenvalue weighted by atomic mass is 10.0. The van der Waals surface area contributed by atoms with Crippen LogP contribution in [0.25, 0.3) is 22.2 Å². The van der Waals surface area contributed by atoms with Crippen molar-refractivity contribution in [1.82, 2.24) is 10.1 Å². The summed E-state index contributed by atoms with van der Waals surface area (Å²) in [6.45, 7) is 0.0691. The normalized spacial score (nSPS) is 19.2. The number of benzene rings is 3. The molecule has 0 spiro atoms. The summed E-state index contributed by atoms with van der Waals surface area (Å²) in [5.74, 6) is -0.682. The Morgan fingerprint density at radius 3 is 2.68 bits per heavy atom. The molecule has 0 N–H and O–H groups in total. The summed E-state index contributed by atoms with van der Waals surface area (Å²) in [4.78, 5) is 26.9. The third-order valence-electron chi connectivity index (χ3n) is 6.10. The molecule has 7 nitrogen and oxygen atoms in total. The summed E-state index contributed by atoms with van der Waals surface area (Å²) in [7, 11) is 0. The number of amides is 2. The van der Waals surface area contributed by atoms with Gasteiger partial charge in [-0.15, -0.1) is 0 Å². The molecule has 170 valence electrons. The van der Waals surface area contributed by atoms with E-state index in [1.807, 2.05) is 30.3 Å². The minimum Gasteiger partial charge on any atom is -0.478 e. The Balaban J connectivity index is 1.34. The second-order valence-electron chi connectivity index (χ2n) is 8.09. The molecule has 2 aliphatic heterocycles. The summed E-state index contributed by atoms with van der Waals surface area (Å²) >= 11 is 6.54. The predicted octanol–water partition coefficient (Wildman–Crippen LogP) is 5.31. The summed E-state index contributed by atoms with van der Waals surface area (Å²) in [5, 5.41) is 4.66. The van der Waals surface area contributed by atoms with E-state index in [-0.39, 0.29) is 34.9 Å². The molecule has 0 radical (unpaired) electrons. The number of carbonyl (C=O) groups excluding carboxylic acids is 2. The van der Waals surface area contributed by atoms with Crippen molar-refractivity contribution in [2.45, 2.75) is 18.6 Å². The molecule has 1 aromatic heterocycles. The molecule has 1 saturated heterocycles. The van der Waals surface area contributed by atoms with E-state index in [9.17, 15) is 14.0 Å². The minimum atomic E-state index is -0.972. The first kappa shape index (κ1) is 20.7. The van der Waals surface area contributed by atoms with Gasteiger partial charge in [-0.05, 0) is 23.8 Å². The standard InChI is InChI=1S/C25H16ClFN2O5/c26-20-22-14(10-16-21(28-34-23(16)20)15-8-4-5-9-17(15)27)11-19(33-22)24(30)29-18(12-32-25(29)31)13-6-2-1-3-7-13/h1-10,18-19H,11-12H2/t18-,19-/m1/s1. The van der Waals surface area contributed by atoms with Gasteiger partial charge in [-0.25, -0.2) is 14.1 Å². The van der Waals surface area contributed by atoms with E-state index in [2.05, 4.69) is 5.16 Å². The molecule has 3 aromatic carbocycles. The van der Waals surface area contributed by atoms with E-state index in [1.54, 1.807) is 24.3 Å². The maximum atomic E-state index is 14.4. The number of aromatic nitrogens is 1. The van der Waals surface area contributed by atoms with Gasteiger partial charge in [-0.1, -0.05) is 59.2 Å². The minimum absolute atomic E-state index is 0.0691. The van der Waals surface area contributed by atoms with Gasteiger partial charge in [-0.3, -0.25) is 4.79 Å². The van der Waals surface area contributed by atoms with Gasteiger partial charge in [0.15, 0.2) is 11.7 Å². The molecule has 6 rings (SSSR count). The van der Waals surface area contributed by atoms with Crippen LogP contribution in [0.5, 0.6) is 5.75 Å². The Labute approximate surface area is 197 Å². The highest BCUT2D eigenvalue weighted by Crippen LogP contribution is 2.45. The highest BCUT2D eigenvalue weighted by atomic mass is 35.5. The molecule has 34 heavy (non-hydrogen) atoms. The molecule has 0 bridgehead atoms. The Hall–Kier alpha value is -3.91. The molecule has 3 heterocycles. The van der Waals surface area contributed by atoms with E-state index in [1.165, 1.54) is 6.07 Å². The fourth-order valence-electron chi connectivity index (χ4n) is 4.46. The van der Waals surface area contributed by atoms with Crippen molar-refractivity contribution in [3.05, 3.63) is 82.6 Å². The van der Waals surface area contributed by atoms with Crippen molar-refractivity contribution in [3.8, 4) is 17.0 Å². The Morgan fingerprint density at radius 2 is 1.88 bits per heavy atom. The fraction of sp³-hybridized carbons (Fsp3) is 0.160. The molecule has 2 amide bonds. The van der Waals surface area contributed by atoms with Gasteiger partial charge in [-0.2, -0.15) is 0 Å². The Kier molecular flexibility index (Phi) is 4.77. The summed E-state index contributed by atoms with van der Waals surface area (Å²) in [6.07, 6.45) is -1.51. The van der Waals surface area contributed by atoms with E-state index in [0.717, 1.165) is 10.5 Å². The molecule has 0 unspecified atom stereocenters. The molecular formula is C25H16ClFN2O5. The number of cyclic esters (lactones) is 1. The third kappa shape index (κ3) is 3.13. The monoisotopic (exact) mass is 478 g/mol. The van der Waals surface area contributed by atoms with Gasteiger partial charge in [0.2, 0.25) is 0 Å². The SMILES string of the molecule is O=C1OC[C@H](c2ccccc2)N1C(=O)[C@H]1Cc2cc3c(-c4ccccc4F)noc3c(Cl)c2O1. The second kappa shape index (κ2) is 7.85. The molecular weight excluding hydrogens is 463 g/mol. The lowest BCUT2D eigenvalue weighted by Crippen LogP contribution is -2.43. The zero-order valence-corrected chi connectivity index (χ0v) is 18.3. The van der Waals surface area contributed by atoms with Crippen LogP contribution in [0.1, 0.15) is 17.2 Å². The number of hydrogen-bond donors (Lipinski definition) is 0. The van der Waals surface area contributed by atoms with Gasteiger partial charge in [0, 0.05) is 17.5 Å². The first-order valence-corrected chi connectivity index (χ1v) is 11.0. The highest BCUT2D eigenvalue weighted by molar-refractivity contribution is 6.37. The first-order chi connectivity index (χ1) is 16.5. The topological polar surface area (TPSA) is 81.9 Å². The van der Waals surface area contributed by atoms with Gasteiger partial charge in [0.25, 0.3) is 5.91 Å². The number of ether oxygens (including phenoxy) is 2. The van der Waals surface area contributed by atoms with E-state index < -0.39 is 30.0 Å². The average Bonchev–Trinajstić information content (AvgIpc) is 3.57. The zero-order valence-electron chi connectivity index (χ0n) is 17.5. The van der Waals surface area contributed by atoms with Crippen molar-refractivity contribution in [2.75, 3.05) is 6.61 Å². The summed E-state index contributed by atoms with van der Waals surface area (Å²) < 4.78 is 30.8. The predicted molar refractivity (Wildman–Crippen MR) is 120 cm³/mol. The molecule has 0 aliphatic carbocycles.